The molecule has 120 valence electrons. The topological polar surface area (TPSA) is 80.0 Å². The van der Waals surface area contributed by atoms with E-state index in [1.807, 2.05) is 31.2 Å². The Kier molecular flexibility index (Phi) is 4.14. The molecule has 0 bridgehead atoms. The molecule has 0 radical (unpaired) electrons. The SMILES string of the molecule is Cc1ccc2cccc(OS(=O)(=O)c3ccc(C#N)c(Cl)c3)c2n1. The van der Waals surface area contributed by atoms with Gasteiger partial charge in [-0.15, -0.1) is 0 Å². The first kappa shape index (κ1) is 16.2. The molecule has 0 spiro atoms. The first-order chi connectivity index (χ1) is 11.4. The highest BCUT2D eigenvalue weighted by Crippen LogP contribution is 2.28. The van der Waals surface area contributed by atoms with E-state index >= 15 is 0 Å². The summed E-state index contributed by atoms with van der Waals surface area (Å²) in [6, 6.07) is 14.4. The van der Waals surface area contributed by atoms with Crippen LogP contribution in [0.3, 0.4) is 0 Å². The molecule has 3 aromatic rings. The molecular formula is C17H11ClN2O3S. The van der Waals surface area contributed by atoms with Gasteiger partial charge >= 0.3 is 10.1 Å². The van der Waals surface area contributed by atoms with Crippen molar-refractivity contribution in [1.29, 1.82) is 5.26 Å². The standard InChI is InChI=1S/C17H11ClN2O3S/c1-11-5-6-12-3-2-4-16(17(12)20-11)23-24(21,22)14-8-7-13(10-19)15(18)9-14/h2-9H,1H3. The van der Waals surface area contributed by atoms with Crippen LogP contribution in [0.2, 0.25) is 5.02 Å². The summed E-state index contributed by atoms with van der Waals surface area (Å²) in [7, 11) is -4.10. The van der Waals surface area contributed by atoms with Crippen LogP contribution in [0.1, 0.15) is 11.3 Å². The van der Waals surface area contributed by atoms with Gasteiger partial charge in [0.25, 0.3) is 0 Å². The van der Waals surface area contributed by atoms with Crippen LogP contribution in [-0.4, -0.2) is 13.4 Å². The van der Waals surface area contributed by atoms with Gasteiger partial charge < -0.3 is 4.18 Å². The summed E-state index contributed by atoms with van der Waals surface area (Å²) in [5, 5.41) is 9.69. The number of halogens is 1. The van der Waals surface area contributed by atoms with Crippen molar-refractivity contribution in [2.45, 2.75) is 11.8 Å². The van der Waals surface area contributed by atoms with Crippen LogP contribution in [0.25, 0.3) is 10.9 Å². The van der Waals surface area contributed by atoms with E-state index < -0.39 is 10.1 Å². The van der Waals surface area contributed by atoms with Crippen LogP contribution in [0.4, 0.5) is 0 Å². The third kappa shape index (κ3) is 3.04. The minimum atomic E-state index is -4.10. The number of para-hydroxylation sites is 1. The quantitative estimate of drug-likeness (QED) is 0.664. The molecule has 3 rings (SSSR count). The summed E-state index contributed by atoms with van der Waals surface area (Å²) in [5.41, 5.74) is 1.40. The zero-order valence-electron chi connectivity index (χ0n) is 12.5. The van der Waals surface area contributed by atoms with E-state index in [1.54, 1.807) is 6.07 Å². The van der Waals surface area contributed by atoms with Crippen LogP contribution in [0.5, 0.6) is 5.75 Å². The van der Waals surface area contributed by atoms with E-state index in [9.17, 15) is 8.42 Å². The Labute approximate surface area is 144 Å². The summed E-state index contributed by atoms with van der Waals surface area (Å²) in [4.78, 5) is 4.21. The maximum absolute atomic E-state index is 12.5. The van der Waals surface area contributed by atoms with E-state index in [0.717, 1.165) is 11.1 Å². The van der Waals surface area contributed by atoms with Crippen LogP contribution in [0, 0.1) is 18.3 Å². The van der Waals surface area contributed by atoms with Crippen LogP contribution >= 0.6 is 11.6 Å². The summed E-state index contributed by atoms with van der Waals surface area (Å²) in [6.07, 6.45) is 0. The lowest BCUT2D eigenvalue weighted by molar-refractivity contribution is 0.488. The molecule has 0 N–H and O–H groups in total. The molecule has 0 unspecified atom stereocenters. The lowest BCUT2D eigenvalue weighted by Crippen LogP contribution is -2.10. The van der Waals surface area contributed by atoms with Crippen LogP contribution in [0.15, 0.2) is 53.4 Å². The Bertz CT molecular complexity index is 1090. The third-order valence-electron chi connectivity index (χ3n) is 3.37. The number of hydrogen-bond acceptors (Lipinski definition) is 5. The molecule has 24 heavy (non-hydrogen) atoms. The van der Waals surface area contributed by atoms with Crippen LogP contribution < -0.4 is 4.18 Å². The summed E-state index contributed by atoms with van der Waals surface area (Å²) in [5.74, 6) is 0.136. The monoisotopic (exact) mass is 358 g/mol. The average Bonchev–Trinajstić information content (AvgIpc) is 2.55. The van der Waals surface area contributed by atoms with Gasteiger partial charge in [0.2, 0.25) is 0 Å². The molecular weight excluding hydrogens is 348 g/mol. The van der Waals surface area contributed by atoms with E-state index in [2.05, 4.69) is 4.98 Å². The van der Waals surface area contributed by atoms with Crippen molar-refractivity contribution < 1.29 is 12.6 Å². The molecule has 0 aliphatic heterocycles. The first-order valence-corrected chi connectivity index (χ1v) is 8.70. The van der Waals surface area contributed by atoms with Crippen molar-refractivity contribution in [3.05, 3.63) is 64.8 Å². The van der Waals surface area contributed by atoms with E-state index in [4.69, 9.17) is 21.0 Å². The Morgan fingerprint density at radius 2 is 1.96 bits per heavy atom. The Morgan fingerprint density at radius 3 is 2.67 bits per heavy atom. The molecule has 0 aliphatic carbocycles. The van der Waals surface area contributed by atoms with Crippen molar-refractivity contribution in [1.82, 2.24) is 4.98 Å². The second-order valence-electron chi connectivity index (χ2n) is 5.07. The third-order valence-corrected chi connectivity index (χ3v) is 4.91. The van der Waals surface area contributed by atoms with Crippen molar-refractivity contribution in [3.8, 4) is 11.8 Å². The van der Waals surface area contributed by atoms with Gasteiger partial charge in [-0.1, -0.05) is 29.8 Å². The lowest BCUT2D eigenvalue weighted by Gasteiger charge is -2.10. The summed E-state index contributed by atoms with van der Waals surface area (Å²) in [6.45, 7) is 1.81. The van der Waals surface area contributed by atoms with Crippen molar-refractivity contribution in [2.75, 3.05) is 0 Å². The Balaban J connectivity index is 2.06. The lowest BCUT2D eigenvalue weighted by atomic mass is 10.2. The van der Waals surface area contributed by atoms with Gasteiger partial charge in [0.05, 0.1) is 10.6 Å². The predicted octanol–water partition coefficient (Wildman–Crippen LogP) is 3.84. The van der Waals surface area contributed by atoms with Gasteiger partial charge in [0.1, 0.15) is 16.5 Å². The Morgan fingerprint density at radius 1 is 1.17 bits per heavy atom. The number of rotatable bonds is 3. The molecule has 0 atom stereocenters. The molecule has 0 fully saturated rings. The number of pyridine rings is 1. The molecule has 1 aromatic heterocycles. The number of aromatic nitrogens is 1. The van der Waals surface area contributed by atoms with Gasteiger partial charge in [-0.3, -0.25) is 0 Å². The molecule has 7 heteroatoms. The van der Waals surface area contributed by atoms with E-state index in [0.29, 0.717) is 5.52 Å². The van der Waals surface area contributed by atoms with Gasteiger partial charge in [-0.25, -0.2) is 4.98 Å². The normalized spacial score (nSPS) is 11.2. The zero-order chi connectivity index (χ0) is 17.3. The van der Waals surface area contributed by atoms with Gasteiger partial charge in [-0.2, -0.15) is 13.7 Å². The molecule has 2 aromatic carbocycles. The number of benzene rings is 2. The van der Waals surface area contributed by atoms with Gasteiger partial charge in [0, 0.05) is 11.1 Å². The van der Waals surface area contributed by atoms with E-state index in [1.165, 1.54) is 24.3 Å². The fourth-order valence-corrected chi connectivity index (χ4v) is 3.44. The van der Waals surface area contributed by atoms with Crippen molar-refractivity contribution in [3.63, 3.8) is 0 Å². The number of nitriles is 1. The maximum atomic E-state index is 12.5. The molecule has 5 nitrogen and oxygen atoms in total. The average molecular weight is 359 g/mol. The van der Waals surface area contributed by atoms with Crippen LogP contribution in [-0.2, 0) is 10.1 Å². The first-order valence-electron chi connectivity index (χ1n) is 6.91. The maximum Gasteiger partial charge on any atom is 0.339 e. The fourth-order valence-electron chi connectivity index (χ4n) is 2.19. The number of aryl methyl sites for hydroxylation is 1. The minimum Gasteiger partial charge on any atom is -0.377 e. The molecule has 0 amide bonds. The smallest absolute Gasteiger partial charge is 0.339 e. The Hall–Kier alpha value is -2.62. The fraction of sp³-hybridized carbons (Fsp3) is 0.0588. The second-order valence-corrected chi connectivity index (χ2v) is 7.02. The molecule has 0 aliphatic rings. The highest BCUT2D eigenvalue weighted by Gasteiger charge is 2.20. The van der Waals surface area contributed by atoms with Gasteiger partial charge in [0.15, 0.2) is 5.75 Å². The second kappa shape index (κ2) is 6.11. The summed E-state index contributed by atoms with van der Waals surface area (Å²) >= 11 is 5.90. The highest BCUT2D eigenvalue weighted by atomic mass is 35.5. The largest absolute Gasteiger partial charge is 0.377 e. The van der Waals surface area contributed by atoms with Crippen molar-refractivity contribution >= 4 is 32.6 Å². The number of fused-ring (bicyclic) bond motifs is 1. The minimum absolute atomic E-state index is 0.0501. The number of hydrogen-bond donors (Lipinski definition) is 0. The highest BCUT2D eigenvalue weighted by molar-refractivity contribution is 7.87. The van der Waals surface area contributed by atoms with Gasteiger partial charge in [-0.05, 0) is 37.3 Å². The molecule has 1 heterocycles. The molecule has 0 saturated carbocycles. The summed E-state index contributed by atoms with van der Waals surface area (Å²) < 4.78 is 30.2. The zero-order valence-corrected chi connectivity index (χ0v) is 14.1. The van der Waals surface area contributed by atoms with Crippen molar-refractivity contribution in [2.24, 2.45) is 0 Å². The number of nitrogens with zero attached hydrogens (tertiary/aromatic N) is 2. The van der Waals surface area contributed by atoms with E-state index in [-0.39, 0.29) is 21.2 Å². The molecule has 0 saturated heterocycles. The predicted molar refractivity (Wildman–Crippen MR) is 90.5 cm³/mol.